The molecule has 5 nitrogen and oxygen atoms in total. The summed E-state index contributed by atoms with van der Waals surface area (Å²) in [6.45, 7) is 0.573. The molecule has 0 fully saturated rings. The minimum absolute atomic E-state index is 0.414. The molecule has 1 N–H and O–H groups in total. The van der Waals surface area contributed by atoms with Crippen molar-refractivity contribution < 1.29 is 8.42 Å². The molecule has 0 aliphatic carbocycles. The molecular formula is C18H16ClN3O2S. The molecule has 0 radical (unpaired) electrons. The Morgan fingerprint density at radius 2 is 1.80 bits per heavy atom. The van der Waals surface area contributed by atoms with Crippen molar-refractivity contribution in [1.82, 2.24) is 9.78 Å². The molecule has 3 aromatic rings. The summed E-state index contributed by atoms with van der Waals surface area (Å²) in [5.74, 6) is 0. The molecule has 0 aliphatic rings. The zero-order chi connectivity index (χ0) is 17.7. The van der Waals surface area contributed by atoms with Crippen molar-refractivity contribution in [2.75, 3.05) is 4.72 Å². The number of rotatable bonds is 6. The van der Waals surface area contributed by atoms with Gasteiger partial charge in [0.1, 0.15) is 0 Å². The van der Waals surface area contributed by atoms with Gasteiger partial charge in [-0.1, -0.05) is 54.1 Å². The summed E-state index contributed by atoms with van der Waals surface area (Å²) in [5.41, 5.74) is 2.24. The highest BCUT2D eigenvalue weighted by Gasteiger charge is 2.08. The highest BCUT2D eigenvalue weighted by atomic mass is 35.5. The van der Waals surface area contributed by atoms with Crippen molar-refractivity contribution in [2.45, 2.75) is 6.54 Å². The van der Waals surface area contributed by atoms with Gasteiger partial charge in [0.2, 0.25) is 0 Å². The van der Waals surface area contributed by atoms with Gasteiger partial charge < -0.3 is 0 Å². The van der Waals surface area contributed by atoms with Gasteiger partial charge in [-0.25, -0.2) is 8.42 Å². The van der Waals surface area contributed by atoms with Gasteiger partial charge in [0.05, 0.1) is 23.8 Å². The predicted octanol–water partition coefficient (Wildman–Crippen LogP) is 4.00. The van der Waals surface area contributed by atoms with E-state index in [1.165, 1.54) is 12.3 Å². The van der Waals surface area contributed by atoms with E-state index >= 15 is 0 Å². The Labute approximate surface area is 151 Å². The molecule has 0 aliphatic heterocycles. The minimum atomic E-state index is -3.62. The fourth-order valence-electron chi connectivity index (χ4n) is 2.21. The molecule has 128 valence electrons. The first-order valence-corrected chi connectivity index (χ1v) is 9.45. The molecule has 0 atom stereocenters. The van der Waals surface area contributed by atoms with E-state index in [1.54, 1.807) is 35.1 Å². The van der Waals surface area contributed by atoms with Crippen LogP contribution in [0.4, 0.5) is 5.69 Å². The summed E-state index contributed by atoms with van der Waals surface area (Å²) < 4.78 is 28.5. The standard InChI is InChI=1S/C18H16ClN3O2S/c19-17-8-6-15(7-9-17)10-11-25(23,24)21-18-12-20-22(14-18)13-16-4-2-1-3-5-16/h1-12,14,21H,13H2/b11-10+. The van der Waals surface area contributed by atoms with Crippen LogP contribution in [0.5, 0.6) is 0 Å². The third kappa shape index (κ3) is 5.20. The average Bonchev–Trinajstić information content (AvgIpc) is 3.01. The van der Waals surface area contributed by atoms with Crippen LogP contribution in [0, 0.1) is 0 Å². The predicted molar refractivity (Wildman–Crippen MR) is 101 cm³/mol. The molecule has 25 heavy (non-hydrogen) atoms. The van der Waals surface area contributed by atoms with Crippen molar-refractivity contribution in [1.29, 1.82) is 0 Å². The molecule has 0 saturated heterocycles. The smallest absolute Gasteiger partial charge is 0.255 e. The number of benzene rings is 2. The lowest BCUT2D eigenvalue weighted by Gasteiger charge is -2.02. The second-order valence-corrected chi connectivity index (χ2v) is 7.42. The third-order valence-corrected chi connectivity index (χ3v) is 4.66. The van der Waals surface area contributed by atoms with Crippen LogP contribution >= 0.6 is 11.6 Å². The number of anilines is 1. The van der Waals surface area contributed by atoms with Crippen molar-refractivity contribution in [3.63, 3.8) is 0 Å². The topological polar surface area (TPSA) is 64.0 Å². The SMILES string of the molecule is O=S(=O)(/C=C/c1ccc(Cl)cc1)Nc1cnn(Cc2ccccc2)c1. The summed E-state index contributed by atoms with van der Waals surface area (Å²) in [4.78, 5) is 0. The van der Waals surface area contributed by atoms with E-state index < -0.39 is 10.0 Å². The first-order chi connectivity index (χ1) is 12.0. The summed E-state index contributed by atoms with van der Waals surface area (Å²) in [7, 11) is -3.62. The Morgan fingerprint density at radius 1 is 1.08 bits per heavy atom. The van der Waals surface area contributed by atoms with Crippen LogP contribution in [-0.2, 0) is 16.6 Å². The van der Waals surface area contributed by atoms with Crippen molar-refractivity contribution >= 4 is 33.4 Å². The van der Waals surface area contributed by atoms with E-state index in [0.717, 1.165) is 16.5 Å². The number of nitrogens with zero attached hydrogens (tertiary/aromatic N) is 2. The van der Waals surface area contributed by atoms with Crippen molar-refractivity contribution in [2.24, 2.45) is 0 Å². The van der Waals surface area contributed by atoms with Crippen LogP contribution in [-0.4, -0.2) is 18.2 Å². The number of nitrogens with one attached hydrogen (secondary N) is 1. The molecule has 3 rings (SSSR count). The summed E-state index contributed by atoms with van der Waals surface area (Å²) in [6.07, 6.45) is 4.64. The Morgan fingerprint density at radius 3 is 2.52 bits per heavy atom. The molecule has 0 saturated carbocycles. The molecule has 7 heteroatoms. The van der Waals surface area contributed by atoms with Crippen LogP contribution in [0.25, 0.3) is 6.08 Å². The lowest BCUT2D eigenvalue weighted by molar-refractivity contribution is 0.609. The monoisotopic (exact) mass is 373 g/mol. The molecule has 0 amide bonds. The van der Waals surface area contributed by atoms with E-state index in [1.807, 2.05) is 30.3 Å². The Kier molecular flexibility index (Phi) is 5.21. The van der Waals surface area contributed by atoms with Crippen LogP contribution < -0.4 is 4.72 Å². The van der Waals surface area contributed by atoms with Crippen molar-refractivity contribution in [3.05, 3.63) is 88.5 Å². The normalized spacial score (nSPS) is 11.7. The first kappa shape index (κ1) is 17.3. The fourth-order valence-corrected chi connectivity index (χ4v) is 3.18. The van der Waals surface area contributed by atoms with Gasteiger partial charge in [0, 0.05) is 11.2 Å². The van der Waals surface area contributed by atoms with Gasteiger partial charge >= 0.3 is 0 Å². The molecule has 0 bridgehead atoms. The second-order valence-electron chi connectivity index (χ2n) is 5.41. The molecule has 2 aromatic carbocycles. The van der Waals surface area contributed by atoms with Crippen LogP contribution in [0.3, 0.4) is 0 Å². The van der Waals surface area contributed by atoms with E-state index in [0.29, 0.717) is 17.3 Å². The minimum Gasteiger partial charge on any atom is -0.277 e. The number of aromatic nitrogens is 2. The highest BCUT2D eigenvalue weighted by Crippen LogP contribution is 2.13. The van der Waals surface area contributed by atoms with Gasteiger partial charge in [0.25, 0.3) is 10.0 Å². The summed E-state index contributed by atoms with van der Waals surface area (Å²) >= 11 is 5.81. The van der Waals surface area contributed by atoms with Crippen LogP contribution in [0.2, 0.25) is 5.02 Å². The average molecular weight is 374 g/mol. The molecule has 0 spiro atoms. The third-order valence-electron chi connectivity index (χ3n) is 3.39. The Balaban J connectivity index is 1.66. The van der Waals surface area contributed by atoms with Gasteiger partial charge in [-0.15, -0.1) is 0 Å². The Hall–Kier alpha value is -2.57. The van der Waals surface area contributed by atoms with Gasteiger partial charge in [-0.3, -0.25) is 9.40 Å². The highest BCUT2D eigenvalue weighted by molar-refractivity contribution is 7.95. The fraction of sp³-hybridized carbons (Fsp3) is 0.0556. The Bertz CT molecular complexity index is 965. The largest absolute Gasteiger partial charge is 0.277 e. The van der Waals surface area contributed by atoms with E-state index in [2.05, 4.69) is 9.82 Å². The maximum atomic E-state index is 12.1. The summed E-state index contributed by atoms with van der Waals surface area (Å²) in [5, 5.41) is 5.89. The van der Waals surface area contributed by atoms with Gasteiger partial charge in [0.15, 0.2) is 0 Å². The first-order valence-electron chi connectivity index (χ1n) is 7.53. The zero-order valence-electron chi connectivity index (χ0n) is 13.2. The molecule has 1 aromatic heterocycles. The van der Waals surface area contributed by atoms with Crippen LogP contribution in [0.1, 0.15) is 11.1 Å². The quantitative estimate of drug-likeness (QED) is 0.710. The number of hydrogen-bond donors (Lipinski definition) is 1. The number of halogens is 1. The lowest BCUT2D eigenvalue weighted by Crippen LogP contribution is -2.08. The van der Waals surface area contributed by atoms with Crippen LogP contribution in [0.15, 0.2) is 72.4 Å². The molecule has 1 heterocycles. The second kappa shape index (κ2) is 7.55. The molecular weight excluding hydrogens is 358 g/mol. The number of sulfonamides is 1. The maximum Gasteiger partial charge on any atom is 0.255 e. The zero-order valence-corrected chi connectivity index (χ0v) is 14.8. The molecule has 0 unspecified atom stereocenters. The van der Waals surface area contributed by atoms with Crippen molar-refractivity contribution in [3.8, 4) is 0 Å². The number of hydrogen-bond acceptors (Lipinski definition) is 3. The van der Waals surface area contributed by atoms with E-state index in [-0.39, 0.29) is 0 Å². The lowest BCUT2D eigenvalue weighted by atomic mass is 10.2. The van der Waals surface area contributed by atoms with Gasteiger partial charge in [-0.05, 0) is 29.3 Å². The summed E-state index contributed by atoms with van der Waals surface area (Å²) in [6, 6.07) is 16.7. The van der Waals surface area contributed by atoms with E-state index in [9.17, 15) is 8.42 Å². The maximum absolute atomic E-state index is 12.1. The van der Waals surface area contributed by atoms with E-state index in [4.69, 9.17) is 11.6 Å². The van der Waals surface area contributed by atoms with Gasteiger partial charge in [-0.2, -0.15) is 5.10 Å².